The lowest BCUT2D eigenvalue weighted by Crippen LogP contribution is -2.07. The fourth-order valence-corrected chi connectivity index (χ4v) is 1.67. The Bertz CT molecular complexity index is 518. The molecule has 1 heterocycles. The monoisotopic (exact) mass is 237 g/mol. The lowest BCUT2D eigenvalue weighted by molar-refractivity contribution is -0.137. The third-order valence-corrected chi connectivity index (χ3v) is 2.45. The summed E-state index contributed by atoms with van der Waals surface area (Å²) in [5, 5.41) is 0. The van der Waals surface area contributed by atoms with E-state index < -0.39 is 11.7 Å². The first kappa shape index (κ1) is 11.6. The molecule has 0 bridgehead atoms. The lowest BCUT2D eigenvalue weighted by atomic mass is 9.98. The molecule has 0 spiro atoms. The number of rotatable bonds is 1. The van der Waals surface area contributed by atoms with Gasteiger partial charge in [-0.15, -0.1) is 0 Å². The maximum absolute atomic E-state index is 12.8. The number of alkyl halides is 3. The van der Waals surface area contributed by atoms with Gasteiger partial charge >= 0.3 is 6.18 Å². The maximum atomic E-state index is 12.8. The molecular formula is C13H10F3N. The molecule has 0 saturated carbocycles. The second kappa shape index (κ2) is 4.20. The van der Waals surface area contributed by atoms with Gasteiger partial charge in [-0.05, 0) is 24.6 Å². The van der Waals surface area contributed by atoms with E-state index in [0.717, 1.165) is 11.6 Å². The summed E-state index contributed by atoms with van der Waals surface area (Å²) in [5.74, 6) is 0. The van der Waals surface area contributed by atoms with Crippen molar-refractivity contribution >= 4 is 0 Å². The van der Waals surface area contributed by atoms with Crippen LogP contribution in [0.2, 0.25) is 0 Å². The Morgan fingerprint density at radius 1 is 1.12 bits per heavy atom. The van der Waals surface area contributed by atoms with E-state index in [-0.39, 0.29) is 5.56 Å². The highest BCUT2D eigenvalue weighted by molar-refractivity contribution is 5.68. The van der Waals surface area contributed by atoms with Gasteiger partial charge in [0.15, 0.2) is 0 Å². The molecule has 0 aliphatic heterocycles. The molecule has 2 rings (SSSR count). The number of nitrogens with zero attached hydrogens (tertiary/aromatic N) is 1. The third kappa shape index (κ3) is 2.46. The SMILES string of the molecule is Cc1ccc(C(F)(F)F)c(-c2cccnc2)c1. The van der Waals surface area contributed by atoms with Crippen molar-refractivity contribution in [1.29, 1.82) is 0 Å². The number of benzene rings is 1. The van der Waals surface area contributed by atoms with Gasteiger partial charge in [0.25, 0.3) is 0 Å². The number of aromatic nitrogens is 1. The van der Waals surface area contributed by atoms with Gasteiger partial charge in [-0.3, -0.25) is 4.98 Å². The Hall–Kier alpha value is -1.84. The zero-order valence-electron chi connectivity index (χ0n) is 9.12. The molecule has 0 aliphatic carbocycles. The first-order chi connectivity index (χ1) is 7.98. The van der Waals surface area contributed by atoms with Crippen molar-refractivity contribution in [2.24, 2.45) is 0 Å². The van der Waals surface area contributed by atoms with Gasteiger partial charge in [0.1, 0.15) is 0 Å². The average molecular weight is 237 g/mol. The Labute approximate surface area is 96.9 Å². The van der Waals surface area contributed by atoms with Crippen LogP contribution in [0.15, 0.2) is 42.7 Å². The fraction of sp³-hybridized carbons (Fsp3) is 0.154. The molecule has 88 valence electrons. The molecule has 2 aromatic rings. The van der Waals surface area contributed by atoms with Crippen molar-refractivity contribution in [3.63, 3.8) is 0 Å². The zero-order valence-corrected chi connectivity index (χ0v) is 9.12. The molecule has 1 nitrogen and oxygen atoms in total. The summed E-state index contributed by atoms with van der Waals surface area (Å²) in [6.07, 6.45) is -1.38. The van der Waals surface area contributed by atoms with E-state index in [1.807, 2.05) is 0 Å². The number of halogens is 3. The van der Waals surface area contributed by atoms with Crippen molar-refractivity contribution in [2.75, 3.05) is 0 Å². The van der Waals surface area contributed by atoms with Crippen LogP contribution in [0.1, 0.15) is 11.1 Å². The van der Waals surface area contributed by atoms with Crippen LogP contribution in [0, 0.1) is 6.92 Å². The van der Waals surface area contributed by atoms with E-state index in [0.29, 0.717) is 5.56 Å². The Balaban J connectivity index is 2.64. The topological polar surface area (TPSA) is 12.9 Å². The minimum atomic E-state index is -4.35. The molecule has 0 N–H and O–H groups in total. The van der Waals surface area contributed by atoms with E-state index in [9.17, 15) is 13.2 Å². The second-order valence-corrected chi connectivity index (χ2v) is 3.79. The van der Waals surface area contributed by atoms with Gasteiger partial charge in [-0.1, -0.05) is 23.8 Å². The summed E-state index contributed by atoms with van der Waals surface area (Å²) in [4.78, 5) is 3.85. The molecule has 4 heteroatoms. The number of pyridine rings is 1. The largest absolute Gasteiger partial charge is 0.417 e. The van der Waals surface area contributed by atoms with E-state index >= 15 is 0 Å². The van der Waals surface area contributed by atoms with Gasteiger partial charge in [-0.25, -0.2) is 0 Å². The Morgan fingerprint density at radius 3 is 2.47 bits per heavy atom. The fourth-order valence-electron chi connectivity index (χ4n) is 1.67. The highest BCUT2D eigenvalue weighted by atomic mass is 19.4. The summed E-state index contributed by atoms with van der Waals surface area (Å²) < 4.78 is 38.5. The summed E-state index contributed by atoms with van der Waals surface area (Å²) in [6.45, 7) is 1.76. The maximum Gasteiger partial charge on any atom is 0.417 e. The van der Waals surface area contributed by atoms with Crippen molar-refractivity contribution in [2.45, 2.75) is 13.1 Å². The molecule has 0 radical (unpaired) electrons. The van der Waals surface area contributed by atoms with Crippen LogP contribution < -0.4 is 0 Å². The standard InChI is InChI=1S/C13H10F3N/c1-9-4-5-12(13(14,15)16)11(7-9)10-3-2-6-17-8-10/h2-8H,1H3. The molecule has 0 amide bonds. The van der Waals surface area contributed by atoms with Crippen LogP contribution >= 0.6 is 0 Å². The predicted octanol–water partition coefficient (Wildman–Crippen LogP) is 4.08. The first-order valence-corrected chi connectivity index (χ1v) is 5.07. The number of hydrogen-bond acceptors (Lipinski definition) is 1. The van der Waals surface area contributed by atoms with Crippen molar-refractivity contribution in [3.05, 3.63) is 53.9 Å². The van der Waals surface area contributed by atoms with E-state index in [1.165, 1.54) is 24.5 Å². The van der Waals surface area contributed by atoms with Gasteiger partial charge in [0, 0.05) is 18.0 Å². The molecular weight excluding hydrogens is 227 g/mol. The van der Waals surface area contributed by atoms with Gasteiger partial charge < -0.3 is 0 Å². The Morgan fingerprint density at radius 2 is 1.88 bits per heavy atom. The van der Waals surface area contributed by atoms with Crippen molar-refractivity contribution in [3.8, 4) is 11.1 Å². The Kier molecular flexibility index (Phi) is 2.88. The summed E-state index contributed by atoms with van der Waals surface area (Å²) in [5.41, 5.74) is 0.807. The number of hydrogen-bond donors (Lipinski definition) is 0. The summed E-state index contributed by atoms with van der Waals surface area (Å²) in [6, 6.07) is 7.34. The van der Waals surface area contributed by atoms with E-state index in [4.69, 9.17) is 0 Å². The molecule has 1 aromatic heterocycles. The third-order valence-electron chi connectivity index (χ3n) is 2.45. The molecule has 17 heavy (non-hydrogen) atoms. The van der Waals surface area contributed by atoms with Gasteiger partial charge in [0.2, 0.25) is 0 Å². The molecule has 0 aliphatic rings. The highest BCUT2D eigenvalue weighted by Gasteiger charge is 2.33. The van der Waals surface area contributed by atoms with Gasteiger partial charge in [-0.2, -0.15) is 13.2 Å². The van der Waals surface area contributed by atoms with E-state index in [2.05, 4.69) is 4.98 Å². The zero-order chi connectivity index (χ0) is 12.5. The molecule has 0 atom stereocenters. The molecule has 0 fully saturated rings. The van der Waals surface area contributed by atoms with Crippen LogP contribution in [0.25, 0.3) is 11.1 Å². The van der Waals surface area contributed by atoms with Crippen molar-refractivity contribution < 1.29 is 13.2 Å². The minimum absolute atomic E-state index is 0.172. The summed E-state index contributed by atoms with van der Waals surface area (Å²) in [7, 11) is 0. The average Bonchev–Trinajstić information content (AvgIpc) is 2.28. The molecule has 0 saturated heterocycles. The van der Waals surface area contributed by atoms with Crippen LogP contribution in [0.3, 0.4) is 0 Å². The van der Waals surface area contributed by atoms with Crippen LogP contribution in [0.4, 0.5) is 13.2 Å². The normalized spacial score (nSPS) is 11.5. The second-order valence-electron chi connectivity index (χ2n) is 3.79. The summed E-state index contributed by atoms with van der Waals surface area (Å²) >= 11 is 0. The highest BCUT2D eigenvalue weighted by Crippen LogP contribution is 2.37. The first-order valence-electron chi connectivity index (χ1n) is 5.07. The molecule has 0 unspecified atom stereocenters. The molecule has 1 aromatic carbocycles. The van der Waals surface area contributed by atoms with Gasteiger partial charge in [0.05, 0.1) is 5.56 Å². The van der Waals surface area contributed by atoms with Crippen LogP contribution in [-0.4, -0.2) is 4.98 Å². The van der Waals surface area contributed by atoms with Crippen molar-refractivity contribution in [1.82, 2.24) is 4.98 Å². The predicted molar refractivity (Wildman–Crippen MR) is 59.4 cm³/mol. The lowest BCUT2D eigenvalue weighted by Gasteiger charge is -2.13. The van der Waals surface area contributed by atoms with E-state index in [1.54, 1.807) is 19.1 Å². The number of aryl methyl sites for hydroxylation is 1. The van der Waals surface area contributed by atoms with Crippen LogP contribution in [0.5, 0.6) is 0 Å². The minimum Gasteiger partial charge on any atom is -0.264 e. The quantitative estimate of drug-likeness (QED) is 0.728. The smallest absolute Gasteiger partial charge is 0.264 e. The van der Waals surface area contributed by atoms with Crippen LogP contribution in [-0.2, 0) is 6.18 Å².